The molecule has 0 spiro atoms. The summed E-state index contributed by atoms with van der Waals surface area (Å²) in [5, 5.41) is 0. The topological polar surface area (TPSA) is 63.4 Å². The molecule has 1 aliphatic carbocycles. The fourth-order valence-corrected chi connectivity index (χ4v) is 5.81. The second-order valence-electron chi connectivity index (χ2n) is 5.95. The Morgan fingerprint density at radius 3 is 2.60 bits per heavy atom. The van der Waals surface area contributed by atoms with E-state index in [4.69, 9.17) is 5.73 Å². The van der Waals surface area contributed by atoms with Crippen LogP contribution in [0.1, 0.15) is 30.4 Å². The summed E-state index contributed by atoms with van der Waals surface area (Å²) in [6, 6.07) is 1.32. The largest absolute Gasteiger partial charge is 0.396 e. The molecular formula is C14H19FN2O2S. The molecule has 2 N–H and O–H groups in total. The highest BCUT2D eigenvalue weighted by Gasteiger charge is 2.45. The number of hydrogen-bond acceptors (Lipinski definition) is 3. The minimum Gasteiger partial charge on any atom is -0.396 e. The van der Waals surface area contributed by atoms with Gasteiger partial charge in [0.1, 0.15) is 5.82 Å². The molecule has 2 fully saturated rings. The van der Waals surface area contributed by atoms with Crippen molar-refractivity contribution in [1.29, 1.82) is 0 Å². The summed E-state index contributed by atoms with van der Waals surface area (Å²) < 4.78 is 40.9. The van der Waals surface area contributed by atoms with E-state index in [0.29, 0.717) is 23.6 Å². The van der Waals surface area contributed by atoms with Crippen molar-refractivity contribution in [3.8, 4) is 0 Å². The van der Waals surface area contributed by atoms with E-state index >= 15 is 0 Å². The summed E-state index contributed by atoms with van der Waals surface area (Å²) in [6.07, 6.45) is 2.99. The van der Waals surface area contributed by atoms with Crippen molar-refractivity contribution in [3.05, 3.63) is 23.0 Å². The fourth-order valence-electron chi connectivity index (χ4n) is 3.62. The van der Waals surface area contributed by atoms with Crippen molar-refractivity contribution in [1.82, 2.24) is 4.31 Å². The van der Waals surface area contributed by atoms with E-state index < -0.39 is 15.8 Å². The number of nitrogen functional groups attached to an aromatic ring is 1. The lowest BCUT2D eigenvalue weighted by Crippen LogP contribution is -2.38. The number of benzene rings is 1. The molecule has 1 aromatic rings. The van der Waals surface area contributed by atoms with Crippen LogP contribution >= 0.6 is 0 Å². The van der Waals surface area contributed by atoms with Gasteiger partial charge in [-0.15, -0.1) is 0 Å². The van der Waals surface area contributed by atoms with Gasteiger partial charge in [-0.3, -0.25) is 0 Å². The molecule has 2 atom stereocenters. The second-order valence-corrected chi connectivity index (χ2v) is 7.78. The molecular weight excluding hydrogens is 279 g/mol. The Hall–Kier alpha value is -1.14. The van der Waals surface area contributed by atoms with Crippen LogP contribution in [0.25, 0.3) is 0 Å². The average molecular weight is 298 g/mol. The number of aryl methyl sites for hydroxylation is 1. The fraction of sp³-hybridized carbons (Fsp3) is 0.571. The number of hydrogen-bond donors (Lipinski definition) is 1. The highest BCUT2D eigenvalue weighted by Crippen LogP contribution is 2.42. The number of sulfonamides is 1. The number of anilines is 1. The van der Waals surface area contributed by atoms with Gasteiger partial charge in [0.15, 0.2) is 0 Å². The van der Waals surface area contributed by atoms with Crippen LogP contribution < -0.4 is 5.73 Å². The van der Waals surface area contributed by atoms with Gasteiger partial charge >= 0.3 is 0 Å². The maximum atomic E-state index is 13.6. The lowest BCUT2D eigenvalue weighted by molar-refractivity contribution is 0.333. The molecule has 0 aromatic heterocycles. The summed E-state index contributed by atoms with van der Waals surface area (Å²) >= 11 is 0. The van der Waals surface area contributed by atoms with Gasteiger partial charge < -0.3 is 5.73 Å². The number of piperidine rings is 1. The molecule has 6 heteroatoms. The maximum absolute atomic E-state index is 13.6. The Morgan fingerprint density at radius 1 is 1.35 bits per heavy atom. The normalized spacial score (nSPS) is 26.4. The van der Waals surface area contributed by atoms with E-state index in [-0.39, 0.29) is 16.6 Å². The zero-order valence-electron chi connectivity index (χ0n) is 11.7. The van der Waals surface area contributed by atoms with Crippen molar-refractivity contribution in [3.63, 3.8) is 0 Å². The SMILES string of the molecule is Cc1cc(F)c(N)c(C)c1S(=O)(=O)N1CC2CCC1C2. The minimum absolute atomic E-state index is 0.0708. The third-order valence-corrected chi connectivity index (χ3v) is 6.84. The molecule has 1 saturated carbocycles. The molecule has 2 aliphatic rings. The van der Waals surface area contributed by atoms with Gasteiger partial charge in [0.25, 0.3) is 0 Å². The van der Waals surface area contributed by atoms with Gasteiger partial charge in [0.2, 0.25) is 10.0 Å². The smallest absolute Gasteiger partial charge is 0.243 e. The summed E-state index contributed by atoms with van der Waals surface area (Å²) in [5.41, 5.74) is 6.35. The number of nitrogens with two attached hydrogens (primary N) is 1. The molecule has 0 amide bonds. The van der Waals surface area contributed by atoms with Crippen molar-refractivity contribution >= 4 is 15.7 Å². The van der Waals surface area contributed by atoms with E-state index in [9.17, 15) is 12.8 Å². The average Bonchev–Trinajstić information content (AvgIpc) is 2.98. The minimum atomic E-state index is -3.58. The Bertz CT molecular complexity index is 672. The van der Waals surface area contributed by atoms with E-state index in [1.807, 2.05) is 0 Å². The van der Waals surface area contributed by atoms with Crippen molar-refractivity contribution in [2.75, 3.05) is 12.3 Å². The Morgan fingerprint density at radius 2 is 2.05 bits per heavy atom. The van der Waals surface area contributed by atoms with Gasteiger partial charge in [0, 0.05) is 12.6 Å². The molecule has 2 unspecified atom stereocenters. The molecule has 2 bridgehead atoms. The number of fused-ring (bicyclic) bond motifs is 2. The molecule has 1 aromatic carbocycles. The molecule has 1 heterocycles. The third-order valence-electron chi connectivity index (χ3n) is 4.63. The first-order valence-corrected chi connectivity index (χ1v) is 8.33. The van der Waals surface area contributed by atoms with E-state index in [1.54, 1.807) is 18.2 Å². The summed E-state index contributed by atoms with van der Waals surface area (Å²) in [5.74, 6) is -0.0740. The van der Waals surface area contributed by atoms with Crippen LogP contribution in [-0.2, 0) is 10.0 Å². The van der Waals surface area contributed by atoms with Gasteiger partial charge in [-0.1, -0.05) is 0 Å². The zero-order chi connectivity index (χ0) is 14.7. The number of nitrogens with zero attached hydrogens (tertiary/aromatic N) is 1. The van der Waals surface area contributed by atoms with Crippen molar-refractivity contribution in [2.45, 2.75) is 44.0 Å². The molecule has 4 nitrogen and oxygen atoms in total. The molecule has 110 valence electrons. The molecule has 1 aliphatic heterocycles. The van der Waals surface area contributed by atoms with Crippen LogP contribution in [0.2, 0.25) is 0 Å². The van der Waals surface area contributed by atoms with Crippen LogP contribution in [0, 0.1) is 25.6 Å². The van der Waals surface area contributed by atoms with Crippen LogP contribution in [0.3, 0.4) is 0 Å². The third kappa shape index (κ3) is 1.85. The first kappa shape index (κ1) is 13.8. The van der Waals surface area contributed by atoms with Crippen LogP contribution in [0.15, 0.2) is 11.0 Å². The summed E-state index contributed by atoms with van der Waals surface area (Å²) in [7, 11) is -3.58. The molecule has 1 saturated heterocycles. The molecule has 0 radical (unpaired) electrons. The number of rotatable bonds is 2. The Balaban J connectivity index is 2.11. The molecule has 20 heavy (non-hydrogen) atoms. The standard InChI is InChI=1S/C14H19FN2O2S/c1-8-5-12(15)13(16)9(2)14(8)20(18,19)17-7-10-3-4-11(17)6-10/h5,10-11H,3-4,6-7,16H2,1-2H3. The predicted molar refractivity (Wildman–Crippen MR) is 75.3 cm³/mol. The first-order valence-electron chi connectivity index (χ1n) is 6.89. The lowest BCUT2D eigenvalue weighted by Gasteiger charge is -2.28. The van der Waals surface area contributed by atoms with Crippen LogP contribution in [-0.4, -0.2) is 25.3 Å². The van der Waals surface area contributed by atoms with Gasteiger partial charge in [-0.2, -0.15) is 4.31 Å². The van der Waals surface area contributed by atoms with E-state index in [2.05, 4.69) is 0 Å². The number of halogens is 1. The zero-order valence-corrected chi connectivity index (χ0v) is 12.5. The van der Waals surface area contributed by atoms with E-state index in [0.717, 1.165) is 19.3 Å². The van der Waals surface area contributed by atoms with Crippen molar-refractivity contribution < 1.29 is 12.8 Å². The van der Waals surface area contributed by atoms with E-state index in [1.165, 1.54) is 6.07 Å². The monoisotopic (exact) mass is 298 g/mol. The van der Waals surface area contributed by atoms with Gasteiger partial charge in [0.05, 0.1) is 10.6 Å². The first-order chi connectivity index (χ1) is 9.32. The maximum Gasteiger partial charge on any atom is 0.243 e. The summed E-state index contributed by atoms with van der Waals surface area (Å²) in [4.78, 5) is 0.184. The quantitative estimate of drug-likeness (QED) is 0.851. The second kappa shape index (κ2) is 4.43. The van der Waals surface area contributed by atoms with Gasteiger partial charge in [-0.25, -0.2) is 12.8 Å². The highest BCUT2D eigenvalue weighted by molar-refractivity contribution is 7.89. The highest BCUT2D eigenvalue weighted by atomic mass is 32.2. The molecule has 3 rings (SSSR count). The lowest BCUT2D eigenvalue weighted by atomic mass is 10.1. The Labute approximate surface area is 118 Å². The van der Waals surface area contributed by atoms with Crippen LogP contribution in [0.5, 0.6) is 0 Å². The summed E-state index contributed by atoms with van der Waals surface area (Å²) in [6.45, 7) is 3.78. The van der Waals surface area contributed by atoms with Crippen LogP contribution in [0.4, 0.5) is 10.1 Å². The van der Waals surface area contributed by atoms with Gasteiger partial charge in [-0.05, 0) is 56.2 Å². The van der Waals surface area contributed by atoms with Crippen molar-refractivity contribution in [2.24, 2.45) is 5.92 Å². The Kier molecular flexibility index (Phi) is 3.06. The predicted octanol–water partition coefficient (Wildman–Crippen LogP) is 2.20.